The van der Waals surface area contributed by atoms with E-state index in [1.807, 2.05) is 0 Å². The van der Waals surface area contributed by atoms with Crippen LogP contribution in [0.3, 0.4) is 0 Å². The highest BCUT2D eigenvalue weighted by Gasteiger charge is 2.31. The SMILES string of the molecule is O=C(CCOC1CCOCC1)NC(C(=O)O)C1CCCOC1. The van der Waals surface area contributed by atoms with Crippen LogP contribution in [0, 0.1) is 5.92 Å². The molecule has 2 aliphatic rings. The molecule has 0 radical (unpaired) electrons. The van der Waals surface area contributed by atoms with Crippen LogP contribution >= 0.6 is 0 Å². The second-order valence-electron chi connectivity index (χ2n) is 5.79. The number of aliphatic carboxylic acids is 1. The molecule has 0 spiro atoms. The molecule has 0 aromatic heterocycles. The van der Waals surface area contributed by atoms with Gasteiger partial charge in [0.15, 0.2) is 0 Å². The van der Waals surface area contributed by atoms with E-state index in [4.69, 9.17) is 14.2 Å². The number of carbonyl (C=O) groups excluding carboxylic acids is 1. The Morgan fingerprint density at radius 1 is 1.18 bits per heavy atom. The molecule has 0 aromatic carbocycles. The first-order valence-electron chi connectivity index (χ1n) is 7.96. The standard InChI is InChI=1S/C15H25NO6/c17-13(5-9-22-12-3-7-20-8-4-12)16-14(15(18)19)11-2-1-6-21-10-11/h11-12,14H,1-10H2,(H,16,17)(H,18,19). The molecule has 2 N–H and O–H groups in total. The lowest BCUT2D eigenvalue weighted by Gasteiger charge is -2.28. The second kappa shape index (κ2) is 9.07. The molecule has 2 atom stereocenters. The highest BCUT2D eigenvalue weighted by Crippen LogP contribution is 2.18. The van der Waals surface area contributed by atoms with Crippen LogP contribution in [0.5, 0.6) is 0 Å². The van der Waals surface area contributed by atoms with Gasteiger partial charge in [-0.15, -0.1) is 0 Å². The fourth-order valence-corrected chi connectivity index (χ4v) is 2.82. The molecular weight excluding hydrogens is 290 g/mol. The fourth-order valence-electron chi connectivity index (χ4n) is 2.82. The number of carboxylic acids is 1. The molecule has 0 bridgehead atoms. The van der Waals surface area contributed by atoms with E-state index >= 15 is 0 Å². The van der Waals surface area contributed by atoms with Crippen molar-refractivity contribution in [3.8, 4) is 0 Å². The van der Waals surface area contributed by atoms with E-state index in [1.165, 1.54) is 0 Å². The lowest BCUT2D eigenvalue weighted by molar-refractivity contribution is -0.145. The summed E-state index contributed by atoms with van der Waals surface area (Å²) in [6.07, 6.45) is 3.60. The number of carbonyl (C=O) groups is 2. The summed E-state index contributed by atoms with van der Waals surface area (Å²) in [7, 11) is 0. The number of hydrogen-bond acceptors (Lipinski definition) is 5. The van der Waals surface area contributed by atoms with Crippen LogP contribution < -0.4 is 5.32 Å². The normalized spacial score (nSPS) is 24.6. The molecule has 0 saturated carbocycles. The molecule has 2 unspecified atom stereocenters. The predicted molar refractivity (Wildman–Crippen MR) is 77.5 cm³/mol. The molecule has 22 heavy (non-hydrogen) atoms. The molecule has 2 saturated heterocycles. The summed E-state index contributed by atoms with van der Waals surface area (Å²) in [5.41, 5.74) is 0. The molecule has 2 heterocycles. The molecule has 126 valence electrons. The zero-order chi connectivity index (χ0) is 15.8. The van der Waals surface area contributed by atoms with Gasteiger partial charge in [0.2, 0.25) is 5.91 Å². The van der Waals surface area contributed by atoms with Gasteiger partial charge >= 0.3 is 5.97 Å². The monoisotopic (exact) mass is 315 g/mol. The van der Waals surface area contributed by atoms with Crippen LogP contribution in [0.4, 0.5) is 0 Å². The molecular formula is C15H25NO6. The lowest BCUT2D eigenvalue weighted by atomic mass is 9.93. The smallest absolute Gasteiger partial charge is 0.326 e. The average Bonchev–Trinajstić information content (AvgIpc) is 2.54. The fraction of sp³-hybridized carbons (Fsp3) is 0.867. The van der Waals surface area contributed by atoms with Crippen molar-refractivity contribution < 1.29 is 28.9 Å². The Morgan fingerprint density at radius 3 is 2.59 bits per heavy atom. The molecule has 1 amide bonds. The third-order valence-corrected chi connectivity index (χ3v) is 4.10. The van der Waals surface area contributed by atoms with Crippen molar-refractivity contribution in [2.45, 2.75) is 44.2 Å². The maximum absolute atomic E-state index is 11.9. The van der Waals surface area contributed by atoms with E-state index < -0.39 is 12.0 Å². The maximum atomic E-state index is 11.9. The van der Waals surface area contributed by atoms with Gasteiger partial charge < -0.3 is 24.6 Å². The van der Waals surface area contributed by atoms with E-state index in [0.717, 1.165) is 25.7 Å². The zero-order valence-corrected chi connectivity index (χ0v) is 12.8. The largest absolute Gasteiger partial charge is 0.480 e. The topological polar surface area (TPSA) is 94.1 Å². The molecule has 7 nitrogen and oxygen atoms in total. The van der Waals surface area contributed by atoms with Gasteiger partial charge in [-0.05, 0) is 25.7 Å². The Hall–Kier alpha value is -1.18. The predicted octanol–water partition coefficient (Wildman–Crippen LogP) is 0.568. The number of rotatable bonds is 7. The van der Waals surface area contributed by atoms with Gasteiger partial charge in [0.05, 0.1) is 19.3 Å². The number of amides is 1. The third kappa shape index (κ3) is 5.55. The highest BCUT2D eigenvalue weighted by atomic mass is 16.5. The van der Waals surface area contributed by atoms with Crippen molar-refractivity contribution in [2.24, 2.45) is 5.92 Å². The summed E-state index contributed by atoms with van der Waals surface area (Å²) in [5.74, 6) is -1.45. The minimum atomic E-state index is -1.01. The summed E-state index contributed by atoms with van der Waals surface area (Å²) in [4.78, 5) is 23.3. The molecule has 0 aliphatic carbocycles. The van der Waals surface area contributed by atoms with E-state index in [2.05, 4.69) is 5.32 Å². The molecule has 2 rings (SSSR count). The minimum absolute atomic E-state index is 0.142. The van der Waals surface area contributed by atoms with E-state index in [9.17, 15) is 14.7 Å². The number of ether oxygens (including phenoxy) is 3. The van der Waals surface area contributed by atoms with E-state index in [0.29, 0.717) is 33.0 Å². The van der Waals surface area contributed by atoms with Crippen LogP contribution in [0.1, 0.15) is 32.1 Å². The van der Waals surface area contributed by atoms with Gasteiger partial charge in [-0.1, -0.05) is 0 Å². The van der Waals surface area contributed by atoms with E-state index in [1.54, 1.807) is 0 Å². The van der Waals surface area contributed by atoms with Gasteiger partial charge in [0, 0.05) is 32.2 Å². The van der Waals surface area contributed by atoms with Gasteiger partial charge in [-0.2, -0.15) is 0 Å². The lowest BCUT2D eigenvalue weighted by Crippen LogP contribution is -2.48. The van der Waals surface area contributed by atoms with Crippen molar-refractivity contribution in [1.29, 1.82) is 0 Å². The Morgan fingerprint density at radius 2 is 1.95 bits per heavy atom. The quantitative estimate of drug-likeness (QED) is 0.713. The minimum Gasteiger partial charge on any atom is -0.480 e. The van der Waals surface area contributed by atoms with Crippen LogP contribution in [-0.2, 0) is 23.8 Å². The first-order valence-corrected chi connectivity index (χ1v) is 7.96. The van der Waals surface area contributed by atoms with Crippen molar-refractivity contribution >= 4 is 11.9 Å². The summed E-state index contributed by atoms with van der Waals surface area (Å²) >= 11 is 0. The molecule has 2 aliphatic heterocycles. The van der Waals surface area contributed by atoms with Crippen LogP contribution in [0.2, 0.25) is 0 Å². The third-order valence-electron chi connectivity index (χ3n) is 4.10. The van der Waals surface area contributed by atoms with Crippen molar-refractivity contribution in [2.75, 3.05) is 33.0 Å². The maximum Gasteiger partial charge on any atom is 0.326 e. The summed E-state index contributed by atoms with van der Waals surface area (Å²) in [6.45, 7) is 2.74. The summed E-state index contributed by atoms with van der Waals surface area (Å²) < 4.78 is 16.2. The molecule has 0 aromatic rings. The average molecular weight is 315 g/mol. The highest BCUT2D eigenvalue weighted by molar-refractivity contribution is 5.83. The number of carboxylic acid groups (broad SMARTS) is 1. The van der Waals surface area contributed by atoms with E-state index in [-0.39, 0.29) is 24.3 Å². The number of hydrogen-bond donors (Lipinski definition) is 2. The van der Waals surface area contributed by atoms with Crippen LogP contribution in [0.25, 0.3) is 0 Å². The molecule has 7 heteroatoms. The molecule has 2 fully saturated rings. The Labute approximate surface area is 130 Å². The van der Waals surface area contributed by atoms with Crippen molar-refractivity contribution in [3.05, 3.63) is 0 Å². The first kappa shape index (κ1) is 17.2. The summed E-state index contributed by atoms with van der Waals surface area (Å²) in [6, 6.07) is -0.879. The Bertz CT molecular complexity index is 363. The zero-order valence-electron chi connectivity index (χ0n) is 12.8. The van der Waals surface area contributed by atoms with Crippen LogP contribution in [-0.4, -0.2) is 62.2 Å². The Kier molecular flexibility index (Phi) is 7.08. The van der Waals surface area contributed by atoms with Crippen LogP contribution in [0.15, 0.2) is 0 Å². The van der Waals surface area contributed by atoms with Gasteiger partial charge in [-0.25, -0.2) is 4.79 Å². The number of nitrogens with one attached hydrogen (secondary N) is 1. The van der Waals surface area contributed by atoms with Crippen molar-refractivity contribution in [3.63, 3.8) is 0 Å². The van der Waals surface area contributed by atoms with Gasteiger partial charge in [0.25, 0.3) is 0 Å². The second-order valence-corrected chi connectivity index (χ2v) is 5.79. The van der Waals surface area contributed by atoms with Crippen molar-refractivity contribution in [1.82, 2.24) is 5.32 Å². The first-order chi connectivity index (χ1) is 10.7. The van der Waals surface area contributed by atoms with Gasteiger partial charge in [-0.3, -0.25) is 4.79 Å². The Balaban J connectivity index is 1.69. The van der Waals surface area contributed by atoms with Gasteiger partial charge in [0.1, 0.15) is 6.04 Å². The summed E-state index contributed by atoms with van der Waals surface area (Å²) in [5, 5.41) is 11.9.